The molecule has 0 spiro atoms. The molecule has 6 nitrogen and oxygen atoms in total. The van der Waals surface area contributed by atoms with Gasteiger partial charge in [0.15, 0.2) is 10.7 Å². The van der Waals surface area contributed by atoms with Crippen molar-refractivity contribution in [2.24, 2.45) is 0 Å². The summed E-state index contributed by atoms with van der Waals surface area (Å²) in [5, 5.41) is 18.3. The van der Waals surface area contributed by atoms with Crippen LogP contribution in [0.2, 0.25) is 4.47 Å². The maximum atomic E-state index is 10.7. The highest BCUT2D eigenvalue weighted by molar-refractivity contribution is 7.18. The van der Waals surface area contributed by atoms with Crippen LogP contribution in [-0.4, -0.2) is 20.1 Å². The molecule has 15 heavy (non-hydrogen) atoms. The van der Waals surface area contributed by atoms with Crippen molar-refractivity contribution in [1.82, 2.24) is 15.2 Å². The highest BCUT2D eigenvalue weighted by Gasteiger charge is 2.19. The predicted octanol–water partition coefficient (Wildman–Crippen LogP) is 2.16. The Morgan fingerprint density at radius 2 is 2.27 bits per heavy atom. The average Bonchev–Trinajstić information content (AvgIpc) is 2.65. The monoisotopic (exact) mass is 242 g/mol. The Kier molecular flexibility index (Phi) is 2.57. The standard InChI is InChI=1S/C7H3ClN4O2S/c8-7-11-10-6(15-7)5-4(12(13)14)2-1-3-9-5/h1-3H. The summed E-state index contributed by atoms with van der Waals surface area (Å²) in [7, 11) is 0. The molecule has 0 aliphatic heterocycles. The zero-order valence-electron chi connectivity index (χ0n) is 7.12. The van der Waals surface area contributed by atoms with Gasteiger partial charge in [-0.2, -0.15) is 0 Å². The Hall–Kier alpha value is -1.60. The Morgan fingerprint density at radius 3 is 2.87 bits per heavy atom. The van der Waals surface area contributed by atoms with E-state index >= 15 is 0 Å². The van der Waals surface area contributed by atoms with E-state index in [1.54, 1.807) is 0 Å². The number of nitrogens with zero attached hydrogens (tertiary/aromatic N) is 4. The van der Waals surface area contributed by atoms with Gasteiger partial charge in [0.2, 0.25) is 4.47 Å². The van der Waals surface area contributed by atoms with Gasteiger partial charge < -0.3 is 0 Å². The summed E-state index contributed by atoms with van der Waals surface area (Å²) in [4.78, 5) is 14.1. The first kappa shape index (κ1) is 9.94. The minimum absolute atomic E-state index is 0.106. The first-order valence-electron chi connectivity index (χ1n) is 3.77. The highest BCUT2D eigenvalue weighted by atomic mass is 35.5. The predicted molar refractivity (Wildman–Crippen MR) is 54.8 cm³/mol. The fourth-order valence-electron chi connectivity index (χ4n) is 1.01. The summed E-state index contributed by atoms with van der Waals surface area (Å²) in [6.07, 6.45) is 1.46. The van der Waals surface area contributed by atoms with E-state index in [1.165, 1.54) is 18.3 Å². The van der Waals surface area contributed by atoms with Gasteiger partial charge in [-0.1, -0.05) is 11.3 Å². The molecule has 0 fully saturated rings. The summed E-state index contributed by atoms with van der Waals surface area (Å²) in [6, 6.07) is 2.85. The molecule has 0 N–H and O–H groups in total. The minimum Gasteiger partial charge on any atom is -0.258 e. The molecule has 2 heterocycles. The van der Waals surface area contributed by atoms with E-state index in [4.69, 9.17) is 11.6 Å². The smallest absolute Gasteiger partial charge is 0.258 e. The Labute approximate surface area is 92.7 Å². The number of nitro groups is 1. The Bertz CT molecular complexity index is 515. The van der Waals surface area contributed by atoms with E-state index < -0.39 is 4.92 Å². The zero-order chi connectivity index (χ0) is 10.8. The van der Waals surface area contributed by atoms with E-state index in [1.807, 2.05) is 0 Å². The molecule has 0 unspecified atom stereocenters. The summed E-state index contributed by atoms with van der Waals surface area (Å²) in [5.41, 5.74) is 0.0808. The Balaban J connectivity index is 2.57. The maximum absolute atomic E-state index is 10.7. The van der Waals surface area contributed by atoms with Gasteiger partial charge in [-0.05, 0) is 17.7 Å². The van der Waals surface area contributed by atoms with Gasteiger partial charge in [0.05, 0.1) is 4.92 Å². The van der Waals surface area contributed by atoms with Crippen LogP contribution in [0.15, 0.2) is 18.3 Å². The number of hydrogen-bond donors (Lipinski definition) is 0. The van der Waals surface area contributed by atoms with Crippen molar-refractivity contribution in [3.8, 4) is 10.7 Å². The molecule has 0 saturated carbocycles. The average molecular weight is 243 g/mol. The van der Waals surface area contributed by atoms with Crippen LogP contribution in [0.5, 0.6) is 0 Å². The van der Waals surface area contributed by atoms with Gasteiger partial charge in [0.1, 0.15) is 0 Å². The molecular formula is C7H3ClN4O2S. The van der Waals surface area contributed by atoms with Crippen LogP contribution in [0.25, 0.3) is 10.7 Å². The first-order chi connectivity index (χ1) is 7.18. The normalized spacial score (nSPS) is 10.2. The molecule has 0 aliphatic rings. The molecule has 0 aliphatic carbocycles. The molecule has 8 heteroatoms. The molecule has 76 valence electrons. The lowest BCUT2D eigenvalue weighted by Gasteiger charge is -1.95. The van der Waals surface area contributed by atoms with Crippen molar-refractivity contribution in [3.05, 3.63) is 32.9 Å². The zero-order valence-corrected chi connectivity index (χ0v) is 8.70. The lowest BCUT2D eigenvalue weighted by Crippen LogP contribution is -1.93. The van der Waals surface area contributed by atoms with Crippen molar-refractivity contribution in [2.45, 2.75) is 0 Å². The molecule has 0 radical (unpaired) electrons. The molecule has 2 rings (SSSR count). The van der Waals surface area contributed by atoms with Gasteiger partial charge in [-0.15, -0.1) is 10.2 Å². The van der Waals surface area contributed by atoms with Crippen LogP contribution >= 0.6 is 22.9 Å². The number of aromatic nitrogens is 3. The third-order valence-corrected chi connectivity index (χ3v) is 2.61. The van der Waals surface area contributed by atoms with Crippen molar-refractivity contribution in [2.75, 3.05) is 0 Å². The van der Waals surface area contributed by atoms with E-state index in [0.29, 0.717) is 5.01 Å². The fourth-order valence-corrected chi connectivity index (χ4v) is 1.84. The van der Waals surface area contributed by atoms with Crippen LogP contribution in [-0.2, 0) is 0 Å². The highest BCUT2D eigenvalue weighted by Crippen LogP contribution is 2.30. The van der Waals surface area contributed by atoms with Crippen LogP contribution in [0, 0.1) is 10.1 Å². The Morgan fingerprint density at radius 1 is 1.47 bits per heavy atom. The topological polar surface area (TPSA) is 81.8 Å². The van der Waals surface area contributed by atoms with Crippen LogP contribution in [0.4, 0.5) is 5.69 Å². The molecule has 0 atom stereocenters. The molecule has 2 aromatic heterocycles. The van der Waals surface area contributed by atoms with Gasteiger partial charge in [-0.3, -0.25) is 10.1 Å². The lowest BCUT2D eigenvalue weighted by atomic mass is 10.3. The summed E-state index contributed by atoms with van der Waals surface area (Å²) in [5.74, 6) is 0. The fraction of sp³-hybridized carbons (Fsp3) is 0. The molecular weight excluding hydrogens is 240 g/mol. The number of halogens is 1. The van der Waals surface area contributed by atoms with Crippen LogP contribution in [0.3, 0.4) is 0 Å². The van der Waals surface area contributed by atoms with E-state index in [0.717, 1.165) is 11.3 Å². The largest absolute Gasteiger partial charge is 0.298 e. The third-order valence-electron chi connectivity index (χ3n) is 1.59. The second kappa shape index (κ2) is 3.87. The SMILES string of the molecule is O=[N+]([O-])c1cccnc1-c1nnc(Cl)s1. The number of rotatable bonds is 2. The van der Waals surface area contributed by atoms with Gasteiger partial charge in [0.25, 0.3) is 5.69 Å². The number of pyridine rings is 1. The quantitative estimate of drug-likeness (QED) is 0.595. The molecule has 0 aromatic carbocycles. The van der Waals surface area contributed by atoms with Gasteiger partial charge >= 0.3 is 0 Å². The van der Waals surface area contributed by atoms with Crippen molar-refractivity contribution < 1.29 is 4.92 Å². The third kappa shape index (κ3) is 1.92. The van der Waals surface area contributed by atoms with Gasteiger partial charge in [-0.25, -0.2) is 4.98 Å². The summed E-state index contributed by atoms with van der Waals surface area (Å²) >= 11 is 6.64. The molecule has 2 aromatic rings. The summed E-state index contributed by atoms with van der Waals surface area (Å²) < 4.78 is 0.227. The van der Waals surface area contributed by atoms with Gasteiger partial charge in [0, 0.05) is 12.3 Å². The van der Waals surface area contributed by atoms with E-state index in [-0.39, 0.29) is 15.8 Å². The number of hydrogen-bond acceptors (Lipinski definition) is 6. The second-order valence-corrected chi connectivity index (χ2v) is 4.05. The molecule has 0 saturated heterocycles. The van der Waals surface area contributed by atoms with E-state index in [9.17, 15) is 10.1 Å². The van der Waals surface area contributed by atoms with Crippen LogP contribution < -0.4 is 0 Å². The molecule has 0 amide bonds. The van der Waals surface area contributed by atoms with Crippen LogP contribution in [0.1, 0.15) is 0 Å². The van der Waals surface area contributed by atoms with Crippen molar-refractivity contribution in [1.29, 1.82) is 0 Å². The molecule has 0 bridgehead atoms. The van der Waals surface area contributed by atoms with Crippen molar-refractivity contribution in [3.63, 3.8) is 0 Å². The second-order valence-electron chi connectivity index (χ2n) is 2.49. The minimum atomic E-state index is -0.516. The summed E-state index contributed by atoms with van der Waals surface area (Å²) in [6.45, 7) is 0. The van der Waals surface area contributed by atoms with Crippen molar-refractivity contribution >= 4 is 28.6 Å². The first-order valence-corrected chi connectivity index (χ1v) is 4.96. The lowest BCUT2D eigenvalue weighted by molar-refractivity contribution is -0.384. The van der Waals surface area contributed by atoms with E-state index in [2.05, 4.69) is 15.2 Å². The maximum Gasteiger partial charge on any atom is 0.298 e.